The number of benzene rings is 1. The summed E-state index contributed by atoms with van der Waals surface area (Å²) in [5.41, 5.74) is -2.83. The topological polar surface area (TPSA) is 43.1 Å². The van der Waals surface area contributed by atoms with E-state index >= 15 is 0 Å². The van der Waals surface area contributed by atoms with Crippen molar-refractivity contribution >= 4 is 11.8 Å². The first kappa shape index (κ1) is 13.1. The van der Waals surface area contributed by atoms with Crippen LogP contribution >= 0.6 is 0 Å². The highest BCUT2D eigenvalue weighted by Gasteiger charge is 2.32. The standard InChI is InChI=1S/C9H4F5NO2/c10-8(11)4-5-3-6(9(12,13)14)1-2-7(5)15(16)17/h1-4H. The maximum atomic E-state index is 12.3. The van der Waals surface area contributed by atoms with E-state index < -0.39 is 34.0 Å². The van der Waals surface area contributed by atoms with Crippen molar-refractivity contribution in [2.45, 2.75) is 6.18 Å². The predicted molar refractivity (Wildman–Crippen MR) is 48.3 cm³/mol. The van der Waals surface area contributed by atoms with Crippen molar-refractivity contribution in [3.05, 3.63) is 45.5 Å². The molecule has 0 radical (unpaired) electrons. The molecule has 1 rings (SSSR count). The van der Waals surface area contributed by atoms with Crippen LogP contribution in [0.3, 0.4) is 0 Å². The molecule has 0 atom stereocenters. The minimum Gasteiger partial charge on any atom is -0.258 e. The summed E-state index contributed by atoms with van der Waals surface area (Å²) in [6, 6.07) is 1.31. The minimum absolute atomic E-state index is 0.0212. The highest BCUT2D eigenvalue weighted by atomic mass is 19.4. The lowest BCUT2D eigenvalue weighted by Crippen LogP contribution is -2.05. The molecule has 0 saturated heterocycles. The fourth-order valence-corrected chi connectivity index (χ4v) is 1.13. The molecule has 0 aliphatic heterocycles. The minimum atomic E-state index is -4.75. The second-order valence-electron chi connectivity index (χ2n) is 2.96. The number of nitro benzene ring substituents is 1. The fraction of sp³-hybridized carbons (Fsp3) is 0.111. The number of rotatable bonds is 2. The number of halogens is 5. The molecule has 0 heterocycles. The molecule has 17 heavy (non-hydrogen) atoms. The second kappa shape index (κ2) is 4.48. The fourth-order valence-electron chi connectivity index (χ4n) is 1.13. The molecule has 0 aliphatic rings. The lowest BCUT2D eigenvalue weighted by Gasteiger charge is -2.07. The molecule has 0 N–H and O–H groups in total. The average molecular weight is 253 g/mol. The quantitative estimate of drug-likeness (QED) is 0.456. The van der Waals surface area contributed by atoms with Gasteiger partial charge in [-0.15, -0.1) is 0 Å². The molecule has 0 aromatic heterocycles. The van der Waals surface area contributed by atoms with Crippen LogP contribution in [-0.2, 0) is 6.18 Å². The van der Waals surface area contributed by atoms with E-state index in [0.29, 0.717) is 18.2 Å². The van der Waals surface area contributed by atoms with Crippen LogP contribution < -0.4 is 0 Å². The Morgan fingerprint density at radius 3 is 2.29 bits per heavy atom. The molecule has 8 heteroatoms. The smallest absolute Gasteiger partial charge is 0.258 e. The van der Waals surface area contributed by atoms with Crippen molar-refractivity contribution in [1.29, 1.82) is 0 Å². The Hall–Kier alpha value is -1.99. The molecule has 0 unspecified atom stereocenters. The van der Waals surface area contributed by atoms with E-state index in [1.165, 1.54) is 0 Å². The lowest BCUT2D eigenvalue weighted by atomic mass is 10.1. The average Bonchev–Trinajstić information content (AvgIpc) is 2.14. The van der Waals surface area contributed by atoms with E-state index in [4.69, 9.17) is 0 Å². The number of nitro groups is 1. The second-order valence-corrected chi connectivity index (χ2v) is 2.96. The number of hydrogen-bond donors (Lipinski definition) is 0. The van der Waals surface area contributed by atoms with Gasteiger partial charge >= 0.3 is 6.18 Å². The first-order chi connectivity index (χ1) is 7.71. The highest BCUT2D eigenvalue weighted by molar-refractivity contribution is 5.62. The van der Waals surface area contributed by atoms with Crippen LogP contribution in [0.1, 0.15) is 11.1 Å². The number of hydrogen-bond acceptors (Lipinski definition) is 2. The maximum absolute atomic E-state index is 12.3. The Balaban J connectivity index is 3.40. The van der Waals surface area contributed by atoms with Gasteiger partial charge in [0.05, 0.1) is 16.1 Å². The summed E-state index contributed by atoms with van der Waals surface area (Å²) in [6.07, 6.45) is -7.04. The molecule has 0 spiro atoms. The number of alkyl halides is 3. The van der Waals surface area contributed by atoms with Gasteiger partial charge in [0, 0.05) is 12.1 Å². The lowest BCUT2D eigenvalue weighted by molar-refractivity contribution is -0.385. The van der Waals surface area contributed by atoms with Gasteiger partial charge in [0.15, 0.2) is 0 Å². The molecule has 0 aliphatic carbocycles. The van der Waals surface area contributed by atoms with Gasteiger partial charge in [-0.3, -0.25) is 10.1 Å². The van der Waals surface area contributed by atoms with Crippen LogP contribution in [-0.4, -0.2) is 4.92 Å². The molecule has 1 aromatic carbocycles. The van der Waals surface area contributed by atoms with Gasteiger partial charge in [-0.2, -0.15) is 22.0 Å². The third-order valence-electron chi connectivity index (χ3n) is 1.82. The third-order valence-corrected chi connectivity index (χ3v) is 1.82. The molecule has 0 bridgehead atoms. The first-order valence-electron chi connectivity index (χ1n) is 4.10. The Morgan fingerprint density at radius 1 is 1.29 bits per heavy atom. The van der Waals surface area contributed by atoms with Crippen molar-refractivity contribution in [2.75, 3.05) is 0 Å². The third kappa shape index (κ3) is 3.23. The Labute approximate surface area is 91.3 Å². The van der Waals surface area contributed by atoms with Gasteiger partial charge in [-0.25, -0.2) is 0 Å². The van der Waals surface area contributed by atoms with Gasteiger partial charge in [-0.1, -0.05) is 0 Å². The summed E-state index contributed by atoms with van der Waals surface area (Å²) in [5.74, 6) is 0. The van der Waals surface area contributed by atoms with Crippen LogP contribution in [0, 0.1) is 10.1 Å². The van der Waals surface area contributed by atoms with E-state index in [1.807, 2.05) is 0 Å². The Bertz CT molecular complexity index is 477. The first-order valence-corrected chi connectivity index (χ1v) is 4.10. The van der Waals surface area contributed by atoms with Crippen LogP contribution in [0.15, 0.2) is 24.3 Å². The zero-order valence-electron chi connectivity index (χ0n) is 7.96. The summed E-state index contributed by atoms with van der Waals surface area (Å²) in [6.45, 7) is 0. The van der Waals surface area contributed by atoms with Crippen molar-refractivity contribution in [3.8, 4) is 0 Å². The molecule has 3 nitrogen and oxygen atoms in total. The normalized spacial score (nSPS) is 11.1. The van der Waals surface area contributed by atoms with E-state index in [2.05, 4.69) is 0 Å². The zero-order chi connectivity index (χ0) is 13.2. The van der Waals surface area contributed by atoms with Crippen LogP contribution in [0.25, 0.3) is 6.08 Å². The highest BCUT2D eigenvalue weighted by Crippen LogP contribution is 2.33. The Kier molecular flexibility index (Phi) is 3.45. The van der Waals surface area contributed by atoms with Gasteiger partial charge < -0.3 is 0 Å². The SMILES string of the molecule is O=[N+]([O-])c1ccc(C(F)(F)F)cc1C=C(F)F. The summed E-state index contributed by atoms with van der Waals surface area (Å²) >= 11 is 0. The van der Waals surface area contributed by atoms with E-state index in [1.54, 1.807) is 0 Å². The van der Waals surface area contributed by atoms with E-state index in [0.717, 1.165) is 0 Å². The maximum Gasteiger partial charge on any atom is 0.416 e. The largest absolute Gasteiger partial charge is 0.416 e. The monoisotopic (exact) mass is 253 g/mol. The van der Waals surface area contributed by atoms with Gasteiger partial charge in [0.1, 0.15) is 0 Å². The summed E-state index contributed by atoms with van der Waals surface area (Å²) in [4.78, 5) is 9.38. The van der Waals surface area contributed by atoms with Gasteiger partial charge in [-0.05, 0) is 12.1 Å². The van der Waals surface area contributed by atoms with Crippen molar-refractivity contribution < 1.29 is 26.9 Å². The molecule has 0 fully saturated rings. The summed E-state index contributed by atoms with van der Waals surface area (Å²) in [7, 11) is 0. The summed E-state index contributed by atoms with van der Waals surface area (Å²) in [5, 5.41) is 10.4. The predicted octanol–water partition coefficient (Wildman–Crippen LogP) is 3.85. The molecule has 0 saturated carbocycles. The zero-order valence-corrected chi connectivity index (χ0v) is 7.96. The molecule has 92 valence electrons. The van der Waals surface area contributed by atoms with Crippen LogP contribution in [0.4, 0.5) is 27.6 Å². The number of nitrogens with zero attached hydrogens (tertiary/aromatic N) is 1. The molecular weight excluding hydrogens is 249 g/mol. The van der Waals surface area contributed by atoms with Crippen molar-refractivity contribution in [3.63, 3.8) is 0 Å². The molecular formula is C9H4F5NO2. The van der Waals surface area contributed by atoms with Crippen molar-refractivity contribution in [1.82, 2.24) is 0 Å². The van der Waals surface area contributed by atoms with Gasteiger partial charge in [0.2, 0.25) is 0 Å². The Morgan fingerprint density at radius 2 is 1.88 bits per heavy atom. The van der Waals surface area contributed by atoms with E-state index in [-0.39, 0.29) is 6.08 Å². The van der Waals surface area contributed by atoms with Gasteiger partial charge in [0.25, 0.3) is 11.8 Å². The van der Waals surface area contributed by atoms with E-state index in [9.17, 15) is 32.1 Å². The van der Waals surface area contributed by atoms with Crippen LogP contribution in [0.5, 0.6) is 0 Å². The van der Waals surface area contributed by atoms with Crippen LogP contribution in [0.2, 0.25) is 0 Å². The molecule has 0 amide bonds. The summed E-state index contributed by atoms with van der Waals surface area (Å²) < 4.78 is 60.7. The molecule has 1 aromatic rings. The van der Waals surface area contributed by atoms with Crippen molar-refractivity contribution in [2.24, 2.45) is 0 Å².